The third-order valence-corrected chi connectivity index (χ3v) is 5.63. The molecular weight excluding hydrogens is 460 g/mol. The Labute approximate surface area is 190 Å². The Hall–Kier alpha value is -2.83. The minimum atomic E-state index is 0. The Balaban J connectivity index is 0.00000256. The van der Waals surface area contributed by atoms with Gasteiger partial charge in [-0.2, -0.15) is 0 Å². The summed E-state index contributed by atoms with van der Waals surface area (Å²) in [5.74, 6) is 1.41. The van der Waals surface area contributed by atoms with Crippen molar-refractivity contribution in [2.24, 2.45) is 4.99 Å². The van der Waals surface area contributed by atoms with Crippen LogP contribution >= 0.6 is 28.3 Å². The summed E-state index contributed by atoms with van der Waals surface area (Å²) in [5, 5.41) is 4.44. The van der Waals surface area contributed by atoms with Crippen molar-refractivity contribution in [2.75, 3.05) is 14.2 Å². The zero-order valence-electron chi connectivity index (χ0n) is 16.9. The number of rotatable bonds is 6. The van der Waals surface area contributed by atoms with Crippen molar-refractivity contribution >= 4 is 44.8 Å². The lowest BCUT2D eigenvalue weighted by molar-refractivity contribution is 0.355. The minimum absolute atomic E-state index is 0. The molecule has 4 rings (SSSR count). The molecule has 4 nitrogen and oxygen atoms in total. The summed E-state index contributed by atoms with van der Waals surface area (Å²) in [5.41, 5.74) is 3.07. The second kappa shape index (κ2) is 9.78. The predicted octanol–water partition coefficient (Wildman–Crippen LogP) is 6.38. The Kier molecular flexibility index (Phi) is 7.13. The summed E-state index contributed by atoms with van der Waals surface area (Å²) in [6.45, 7) is 4.59. The first-order chi connectivity index (χ1) is 14.2. The van der Waals surface area contributed by atoms with Gasteiger partial charge in [0.25, 0.3) is 0 Å². The van der Waals surface area contributed by atoms with Crippen molar-refractivity contribution in [1.29, 1.82) is 0 Å². The van der Waals surface area contributed by atoms with Crippen LogP contribution in [0.4, 0.5) is 5.69 Å². The largest absolute Gasteiger partial charge is 0.493 e. The van der Waals surface area contributed by atoms with Crippen LogP contribution in [0, 0.1) is 0 Å². The normalized spacial score (nSPS) is 11.2. The highest BCUT2D eigenvalue weighted by Crippen LogP contribution is 2.33. The molecule has 0 bridgehead atoms. The van der Waals surface area contributed by atoms with E-state index in [0.717, 1.165) is 27.1 Å². The third-order valence-electron chi connectivity index (χ3n) is 4.77. The second-order valence-corrected chi connectivity index (χ2v) is 7.32. The number of benzene rings is 3. The van der Waals surface area contributed by atoms with Crippen molar-refractivity contribution in [1.82, 2.24) is 4.57 Å². The van der Waals surface area contributed by atoms with Crippen LogP contribution < -0.4 is 14.3 Å². The van der Waals surface area contributed by atoms with E-state index >= 15 is 0 Å². The number of ether oxygens (including phenoxy) is 2. The van der Waals surface area contributed by atoms with Crippen LogP contribution in [-0.2, 0) is 6.54 Å². The van der Waals surface area contributed by atoms with E-state index in [9.17, 15) is 0 Å². The average Bonchev–Trinajstić information content (AvgIpc) is 3.16. The fourth-order valence-electron chi connectivity index (χ4n) is 3.36. The van der Waals surface area contributed by atoms with Gasteiger partial charge in [-0.15, -0.1) is 34.9 Å². The van der Waals surface area contributed by atoms with Gasteiger partial charge in [0.05, 0.1) is 25.6 Å². The number of allylic oxidation sites excluding steroid dienone is 1. The van der Waals surface area contributed by atoms with E-state index in [1.54, 1.807) is 25.6 Å². The van der Waals surface area contributed by atoms with Gasteiger partial charge in [0.15, 0.2) is 16.3 Å². The topological polar surface area (TPSA) is 35.8 Å². The molecule has 1 heterocycles. The van der Waals surface area contributed by atoms with E-state index in [4.69, 9.17) is 14.5 Å². The molecule has 154 valence electrons. The van der Waals surface area contributed by atoms with Crippen molar-refractivity contribution in [3.63, 3.8) is 0 Å². The molecule has 0 saturated carbocycles. The average molecular weight is 483 g/mol. The van der Waals surface area contributed by atoms with E-state index in [-0.39, 0.29) is 17.0 Å². The van der Waals surface area contributed by atoms with Crippen molar-refractivity contribution in [3.05, 3.63) is 83.5 Å². The summed E-state index contributed by atoms with van der Waals surface area (Å²) < 4.78 is 13.0. The van der Waals surface area contributed by atoms with Gasteiger partial charge in [0, 0.05) is 22.9 Å². The number of hydrogen-bond donors (Lipinski definition) is 0. The molecule has 0 aliphatic rings. The molecule has 0 N–H and O–H groups in total. The second-order valence-electron chi connectivity index (χ2n) is 6.48. The molecule has 3 aromatic carbocycles. The molecule has 6 heteroatoms. The maximum Gasteiger partial charge on any atom is 0.190 e. The molecule has 0 atom stereocenters. The van der Waals surface area contributed by atoms with Crippen molar-refractivity contribution in [2.45, 2.75) is 6.54 Å². The van der Waals surface area contributed by atoms with E-state index in [2.05, 4.69) is 40.8 Å². The Morgan fingerprint density at radius 1 is 1.00 bits per heavy atom. The zero-order valence-corrected chi connectivity index (χ0v) is 19.4. The molecule has 0 fully saturated rings. The fourth-order valence-corrected chi connectivity index (χ4v) is 4.29. The van der Waals surface area contributed by atoms with Crippen LogP contribution in [0.2, 0.25) is 0 Å². The highest BCUT2D eigenvalue weighted by molar-refractivity contribution is 8.93. The summed E-state index contributed by atoms with van der Waals surface area (Å²) in [7, 11) is 3.29. The number of hydrogen-bond acceptors (Lipinski definition) is 4. The molecule has 0 saturated heterocycles. The molecule has 30 heavy (non-hydrogen) atoms. The lowest BCUT2D eigenvalue weighted by Gasteiger charge is -2.11. The van der Waals surface area contributed by atoms with Gasteiger partial charge in [0.1, 0.15) is 0 Å². The smallest absolute Gasteiger partial charge is 0.190 e. The molecule has 4 aromatic rings. The van der Waals surface area contributed by atoms with Crippen molar-refractivity contribution < 1.29 is 9.47 Å². The summed E-state index contributed by atoms with van der Waals surface area (Å²) in [6, 6.07) is 20.4. The molecule has 0 amide bonds. The van der Waals surface area contributed by atoms with E-state index < -0.39 is 0 Å². The quantitative estimate of drug-likeness (QED) is 0.298. The molecule has 0 spiro atoms. The first-order valence-corrected chi connectivity index (χ1v) is 10.2. The number of nitrogens with zero attached hydrogens (tertiary/aromatic N) is 2. The van der Waals surface area contributed by atoms with Gasteiger partial charge in [-0.05, 0) is 29.7 Å². The van der Waals surface area contributed by atoms with Gasteiger partial charge in [0.2, 0.25) is 0 Å². The maximum atomic E-state index is 5.47. The highest BCUT2D eigenvalue weighted by atomic mass is 79.9. The van der Waals surface area contributed by atoms with E-state index in [0.29, 0.717) is 18.0 Å². The number of halogens is 1. The van der Waals surface area contributed by atoms with Gasteiger partial charge in [-0.25, -0.2) is 4.99 Å². The molecule has 0 radical (unpaired) electrons. The number of thiazole rings is 1. The van der Waals surface area contributed by atoms with Gasteiger partial charge in [-0.1, -0.05) is 42.5 Å². The minimum Gasteiger partial charge on any atom is -0.493 e. The monoisotopic (exact) mass is 482 g/mol. The summed E-state index contributed by atoms with van der Waals surface area (Å²) >= 11 is 1.61. The lowest BCUT2D eigenvalue weighted by atomic mass is 10.1. The van der Waals surface area contributed by atoms with Crippen LogP contribution in [0.3, 0.4) is 0 Å². The Morgan fingerprint density at radius 3 is 2.53 bits per heavy atom. The SMILES string of the molecule is Br.C=CCn1c(-c2ccc(OC)c(OC)c2)csc1=Nc1cccc2ccccc12. The van der Waals surface area contributed by atoms with E-state index in [1.807, 2.05) is 42.5 Å². The molecular formula is C24H23BrN2O2S. The Bertz CT molecular complexity index is 1240. The predicted molar refractivity (Wildman–Crippen MR) is 131 cm³/mol. The van der Waals surface area contributed by atoms with Gasteiger partial charge < -0.3 is 14.0 Å². The molecule has 0 aliphatic heterocycles. The maximum absolute atomic E-state index is 5.47. The fraction of sp³-hybridized carbons (Fsp3) is 0.125. The standard InChI is InChI=1S/C24H22N2O2S.BrH/c1-4-14-26-21(18-12-13-22(27-2)23(15-18)28-3)16-29-24(26)25-20-11-7-9-17-8-5-6-10-19(17)20;/h4-13,15-16H,1,14H2,2-3H3;1H. The van der Waals surface area contributed by atoms with E-state index in [1.165, 1.54) is 5.39 Å². The lowest BCUT2D eigenvalue weighted by Crippen LogP contribution is -2.14. The first-order valence-electron chi connectivity index (χ1n) is 9.29. The van der Waals surface area contributed by atoms with Crippen LogP contribution in [-0.4, -0.2) is 18.8 Å². The van der Waals surface area contributed by atoms with Gasteiger partial charge >= 0.3 is 0 Å². The van der Waals surface area contributed by atoms with Crippen LogP contribution in [0.25, 0.3) is 22.0 Å². The number of aromatic nitrogens is 1. The molecule has 0 unspecified atom stereocenters. The van der Waals surface area contributed by atoms with Gasteiger partial charge in [-0.3, -0.25) is 0 Å². The number of methoxy groups -OCH3 is 2. The van der Waals surface area contributed by atoms with Crippen LogP contribution in [0.15, 0.2) is 83.7 Å². The Morgan fingerprint density at radius 2 is 1.77 bits per heavy atom. The summed E-state index contributed by atoms with van der Waals surface area (Å²) in [6.07, 6.45) is 1.89. The third kappa shape index (κ3) is 4.20. The van der Waals surface area contributed by atoms with Crippen LogP contribution in [0.5, 0.6) is 11.5 Å². The molecule has 0 aliphatic carbocycles. The number of fused-ring (bicyclic) bond motifs is 1. The highest BCUT2D eigenvalue weighted by Gasteiger charge is 2.11. The first kappa shape index (κ1) is 21.9. The summed E-state index contributed by atoms with van der Waals surface area (Å²) in [4.78, 5) is 5.91. The zero-order chi connectivity index (χ0) is 20.2. The molecule has 1 aromatic heterocycles. The van der Waals surface area contributed by atoms with Crippen LogP contribution in [0.1, 0.15) is 0 Å². The van der Waals surface area contributed by atoms with Crippen molar-refractivity contribution in [3.8, 4) is 22.8 Å².